The molecule has 0 unspecified atom stereocenters. The highest BCUT2D eigenvalue weighted by Gasteiger charge is 2.26. The number of rotatable bonds is 4. The normalized spacial score (nSPS) is 13.5. The van der Waals surface area contributed by atoms with Gasteiger partial charge in [0.2, 0.25) is 0 Å². The van der Waals surface area contributed by atoms with Gasteiger partial charge in [-0.3, -0.25) is 0 Å². The molecule has 0 aliphatic carbocycles. The fraction of sp³-hybridized carbons (Fsp3) is 0.286. The molecule has 1 aliphatic heterocycles. The third-order valence-electron chi connectivity index (χ3n) is 4.83. The first-order valence-corrected chi connectivity index (χ1v) is 9.74. The number of fused-ring (bicyclic) bond motifs is 3. The highest BCUT2D eigenvalue weighted by Crippen LogP contribution is 2.41. The minimum Gasteiger partial charge on any atom is -0.471 e. The Bertz CT molecular complexity index is 1060. The van der Waals surface area contributed by atoms with E-state index in [4.69, 9.17) is 32.4 Å². The van der Waals surface area contributed by atoms with Crippen molar-refractivity contribution < 1.29 is 9.15 Å². The molecule has 1 aliphatic rings. The first-order valence-electron chi connectivity index (χ1n) is 8.99. The van der Waals surface area contributed by atoms with Gasteiger partial charge in [0.25, 0.3) is 0 Å². The standard InChI is InChI=1S/C21H19Cl2NO3/c1-2-3-6-13-9-19(25)27-20-14(13)10-17(23)21-15(20)11-24(12-26-21)18-8-5-4-7-16(18)22/h4-5,7-10H,2-3,6,11-12H2,1H3. The SMILES string of the molecule is CCCCc1cc(=O)oc2c3c(c(Cl)cc12)OCN(c1ccccc1Cl)C3. The number of hydrogen-bond donors (Lipinski definition) is 0. The van der Waals surface area contributed by atoms with Gasteiger partial charge in [0, 0.05) is 11.5 Å². The summed E-state index contributed by atoms with van der Waals surface area (Å²) in [5.41, 5.74) is 2.79. The van der Waals surface area contributed by atoms with Crippen molar-refractivity contribution in [3.8, 4) is 5.75 Å². The largest absolute Gasteiger partial charge is 0.471 e. The second-order valence-electron chi connectivity index (χ2n) is 6.66. The van der Waals surface area contributed by atoms with Gasteiger partial charge in [0.05, 0.1) is 27.8 Å². The van der Waals surface area contributed by atoms with Crippen LogP contribution in [0.4, 0.5) is 5.69 Å². The maximum Gasteiger partial charge on any atom is 0.336 e. The van der Waals surface area contributed by atoms with Crippen molar-refractivity contribution in [1.29, 1.82) is 0 Å². The minimum absolute atomic E-state index is 0.321. The van der Waals surface area contributed by atoms with Gasteiger partial charge >= 0.3 is 5.63 Å². The molecule has 0 radical (unpaired) electrons. The molecule has 2 aromatic carbocycles. The molecule has 4 rings (SSSR count). The topological polar surface area (TPSA) is 42.7 Å². The number of aryl methyl sites for hydroxylation is 1. The summed E-state index contributed by atoms with van der Waals surface area (Å²) in [7, 11) is 0. The lowest BCUT2D eigenvalue weighted by Gasteiger charge is -2.32. The molecule has 2 heterocycles. The van der Waals surface area contributed by atoms with Crippen LogP contribution >= 0.6 is 23.2 Å². The molecule has 4 nitrogen and oxygen atoms in total. The van der Waals surface area contributed by atoms with Crippen molar-refractivity contribution >= 4 is 39.9 Å². The third-order valence-corrected chi connectivity index (χ3v) is 5.43. The first kappa shape index (κ1) is 18.2. The predicted molar refractivity (Wildman–Crippen MR) is 109 cm³/mol. The average molecular weight is 404 g/mol. The molecular formula is C21H19Cl2NO3. The number of benzene rings is 2. The maximum absolute atomic E-state index is 12.2. The number of nitrogens with zero attached hydrogens (tertiary/aromatic N) is 1. The van der Waals surface area contributed by atoms with E-state index in [0.717, 1.165) is 41.5 Å². The van der Waals surface area contributed by atoms with E-state index in [0.29, 0.717) is 34.7 Å². The number of ether oxygens (including phenoxy) is 1. The summed E-state index contributed by atoms with van der Waals surface area (Å²) in [6.45, 7) is 2.94. The van der Waals surface area contributed by atoms with E-state index in [2.05, 4.69) is 6.92 Å². The van der Waals surface area contributed by atoms with E-state index < -0.39 is 0 Å². The molecule has 0 saturated heterocycles. The zero-order valence-corrected chi connectivity index (χ0v) is 16.4. The average Bonchev–Trinajstić information content (AvgIpc) is 2.67. The number of anilines is 1. The van der Waals surface area contributed by atoms with Crippen molar-refractivity contribution in [2.24, 2.45) is 0 Å². The van der Waals surface area contributed by atoms with Crippen molar-refractivity contribution in [2.45, 2.75) is 32.7 Å². The molecule has 0 amide bonds. The molecule has 140 valence electrons. The minimum atomic E-state index is -0.354. The van der Waals surface area contributed by atoms with Gasteiger partial charge in [0.15, 0.2) is 6.73 Å². The van der Waals surface area contributed by atoms with Crippen LogP contribution in [0.2, 0.25) is 10.0 Å². The van der Waals surface area contributed by atoms with Crippen LogP contribution in [-0.4, -0.2) is 6.73 Å². The molecule has 6 heteroatoms. The Morgan fingerprint density at radius 1 is 1.15 bits per heavy atom. The summed E-state index contributed by atoms with van der Waals surface area (Å²) in [4.78, 5) is 14.2. The first-order chi connectivity index (χ1) is 13.1. The van der Waals surface area contributed by atoms with Crippen LogP contribution in [0.1, 0.15) is 30.9 Å². The second kappa shape index (κ2) is 7.45. The van der Waals surface area contributed by atoms with Crippen LogP contribution in [-0.2, 0) is 13.0 Å². The predicted octanol–water partition coefficient (Wildman–Crippen LogP) is 5.80. The summed E-state index contributed by atoms with van der Waals surface area (Å²) >= 11 is 12.8. The lowest BCUT2D eigenvalue weighted by atomic mass is 10.0. The van der Waals surface area contributed by atoms with Crippen LogP contribution in [0.3, 0.4) is 0 Å². The van der Waals surface area contributed by atoms with Crippen LogP contribution in [0.5, 0.6) is 5.75 Å². The fourth-order valence-corrected chi connectivity index (χ4v) is 4.02. The highest BCUT2D eigenvalue weighted by atomic mass is 35.5. The Kier molecular flexibility index (Phi) is 5.02. The number of halogens is 2. The van der Waals surface area contributed by atoms with Crippen LogP contribution in [0.15, 0.2) is 45.6 Å². The Labute approximate surface area is 167 Å². The lowest BCUT2D eigenvalue weighted by Crippen LogP contribution is -2.32. The van der Waals surface area contributed by atoms with E-state index in [1.165, 1.54) is 0 Å². The molecule has 3 aromatic rings. The summed E-state index contributed by atoms with van der Waals surface area (Å²) < 4.78 is 11.5. The van der Waals surface area contributed by atoms with Gasteiger partial charge in [-0.1, -0.05) is 48.7 Å². The zero-order chi connectivity index (χ0) is 19.0. The summed E-state index contributed by atoms with van der Waals surface area (Å²) in [6.07, 6.45) is 2.85. The molecule has 0 N–H and O–H groups in total. The van der Waals surface area contributed by atoms with Crippen LogP contribution < -0.4 is 15.3 Å². The van der Waals surface area contributed by atoms with Crippen LogP contribution in [0, 0.1) is 0 Å². The Morgan fingerprint density at radius 3 is 2.74 bits per heavy atom. The highest BCUT2D eigenvalue weighted by molar-refractivity contribution is 6.33. The quantitative estimate of drug-likeness (QED) is 0.516. The van der Waals surface area contributed by atoms with E-state index in [1.54, 1.807) is 6.07 Å². The van der Waals surface area contributed by atoms with Gasteiger partial charge in [-0.05, 0) is 36.6 Å². The number of unbranched alkanes of at least 4 members (excludes halogenated alkanes) is 1. The summed E-state index contributed by atoms with van der Waals surface area (Å²) in [5.74, 6) is 0.572. The molecular weight excluding hydrogens is 385 g/mol. The Balaban J connectivity index is 1.86. The monoisotopic (exact) mass is 403 g/mol. The summed E-state index contributed by atoms with van der Waals surface area (Å²) in [5, 5.41) is 2.04. The van der Waals surface area contributed by atoms with Crippen LogP contribution in [0.25, 0.3) is 11.0 Å². The summed E-state index contributed by atoms with van der Waals surface area (Å²) in [6, 6.07) is 11.0. The molecule has 0 fully saturated rings. The molecule has 27 heavy (non-hydrogen) atoms. The zero-order valence-electron chi connectivity index (χ0n) is 14.9. The van der Waals surface area contributed by atoms with E-state index >= 15 is 0 Å². The second-order valence-corrected chi connectivity index (χ2v) is 7.47. The van der Waals surface area contributed by atoms with Crippen molar-refractivity contribution in [3.05, 3.63) is 68.0 Å². The van der Waals surface area contributed by atoms with E-state index in [1.807, 2.05) is 35.2 Å². The van der Waals surface area contributed by atoms with Gasteiger partial charge in [-0.25, -0.2) is 4.79 Å². The van der Waals surface area contributed by atoms with Crippen molar-refractivity contribution in [3.63, 3.8) is 0 Å². The van der Waals surface area contributed by atoms with Gasteiger partial charge in [-0.2, -0.15) is 0 Å². The lowest BCUT2D eigenvalue weighted by molar-refractivity contribution is 0.289. The van der Waals surface area contributed by atoms with Crippen molar-refractivity contribution in [2.75, 3.05) is 11.6 Å². The van der Waals surface area contributed by atoms with Gasteiger partial charge in [0.1, 0.15) is 11.3 Å². The molecule has 0 atom stereocenters. The fourth-order valence-electron chi connectivity index (χ4n) is 3.49. The van der Waals surface area contributed by atoms with Crippen molar-refractivity contribution in [1.82, 2.24) is 0 Å². The molecule has 0 saturated carbocycles. The molecule has 0 spiro atoms. The van der Waals surface area contributed by atoms with E-state index in [-0.39, 0.29) is 5.63 Å². The van der Waals surface area contributed by atoms with E-state index in [9.17, 15) is 4.79 Å². The maximum atomic E-state index is 12.2. The van der Waals surface area contributed by atoms with Gasteiger partial charge < -0.3 is 14.1 Å². The number of para-hydroxylation sites is 1. The molecule has 0 bridgehead atoms. The van der Waals surface area contributed by atoms with Gasteiger partial charge in [-0.15, -0.1) is 0 Å². The third kappa shape index (κ3) is 3.40. The number of hydrogen-bond acceptors (Lipinski definition) is 4. The molecule has 1 aromatic heterocycles. The smallest absolute Gasteiger partial charge is 0.336 e. The Morgan fingerprint density at radius 2 is 1.96 bits per heavy atom. The Hall–Kier alpha value is -2.17.